The van der Waals surface area contributed by atoms with Crippen molar-refractivity contribution in [2.24, 2.45) is 0 Å². The monoisotopic (exact) mass is 241 g/mol. The van der Waals surface area contributed by atoms with Crippen LogP contribution in [0.4, 0.5) is 23.2 Å². The zero-order valence-electron chi connectivity index (χ0n) is 6.92. The zero-order valence-corrected chi connectivity index (χ0v) is 7.73. The number of nitro groups is 1. The lowest BCUT2D eigenvalue weighted by molar-refractivity contribution is -0.385. The van der Waals surface area contributed by atoms with Crippen LogP contribution in [0.5, 0.6) is 0 Å². The molecule has 0 N–H and O–H groups in total. The number of thioether (sulfide) groups is 1. The molecule has 0 saturated heterocycles. The highest BCUT2D eigenvalue weighted by Crippen LogP contribution is 2.38. The Balaban J connectivity index is 2.99. The molecule has 0 radical (unpaired) electrons. The molecule has 0 saturated carbocycles. The SMILES string of the molecule is O=[N+]([O-])c1ccc(SC(F)(F)F)c(F)c1. The maximum Gasteiger partial charge on any atom is 0.446 e. The van der Waals surface area contributed by atoms with Crippen LogP contribution in [0.15, 0.2) is 23.1 Å². The van der Waals surface area contributed by atoms with E-state index >= 15 is 0 Å². The van der Waals surface area contributed by atoms with Crippen molar-refractivity contribution in [2.45, 2.75) is 10.4 Å². The zero-order chi connectivity index (χ0) is 11.6. The summed E-state index contributed by atoms with van der Waals surface area (Å²) in [5.41, 5.74) is -5.20. The van der Waals surface area contributed by atoms with Gasteiger partial charge in [-0.05, 0) is 17.8 Å². The fourth-order valence-electron chi connectivity index (χ4n) is 0.811. The van der Waals surface area contributed by atoms with Gasteiger partial charge in [-0.2, -0.15) is 13.2 Å². The van der Waals surface area contributed by atoms with E-state index in [0.29, 0.717) is 6.07 Å². The second kappa shape index (κ2) is 4.05. The van der Waals surface area contributed by atoms with E-state index < -0.39 is 38.6 Å². The molecule has 1 aromatic carbocycles. The third-order valence-electron chi connectivity index (χ3n) is 1.35. The quantitative estimate of drug-likeness (QED) is 0.345. The number of benzene rings is 1. The first-order chi connectivity index (χ1) is 6.79. The number of rotatable bonds is 2. The highest BCUT2D eigenvalue weighted by molar-refractivity contribution is 8.00. The van der Waals surface area contributed by atoms with E-state index in [-0.39, 0.29) is 0 Å². The first kappa shape index (κ1) is 11.8. The molecule has 0 atom stereocenters. The second-order valence-corrected chi connectivity index (χ2v) is 3.53. The van der Waals surface area contributed by atoms with Gasteiger partial charge in [0.25, 0.3) is 5.69 Å². The average molecular weight is 241 g/mol. The lowest BCUT2D eigenvalue weighted by Crippen LogP contribution is -2.00. The number of nitro benzene ring substituents is 1. The fourth-order valence-corrected chi connectivity index (χ4v) is 1.35. The van der Waals surface area contributed by atoms with Gasteiger partial charge >= 0.3 is 5.51 Å². The van der Waals surface area contributed by atoms with Gasteiger partial charge in [-0.15, -0.1) is 0 Å². The predicted octanol–water partition coefficient (Wildman–Crippen LogP) is 3.35. The molecule has 0 bridgehead atoms. The van der Waals surface area contributed by atoms with Crippen LogP contribution < -0.4 is 0 Å². The molecule has 3 nitrogen and oxygen atoms in total. The normalized spacial score (nSPS) is 11.5. The smallest absolute Gasteiger partial charge is 0.258 e. The van der Waals surface area contributed by atoms with E-state index in [0.717, 1.165) is 12.1 Å². The minimum absolute atomic E-state index is 0.452. The highest BCUT2D eigenvalue weighted by atomic mass is 32.2. The van der Waals surface area contributed by atoms with Gasteiger partial charge in [0, 0.05) is 6.07 Å². The van der Waals surface area contributed by atoms with Crippen LogP contribution in [0.1, 0.15) is 0 Å². The summed E-state index contributed by atoms with van der Waals surface area (Å²) in [4.78, 5) is 8.59. The van der Waals surface area contributed by atoms with Gasteiger partial charge in [0.15, 0.2) is 0 Å². The Morgan fingerprint density at radius 3 is 2.33 bits per heavy atom. The molecular weight excluding hydrogens is 238 g/mol. The Labute approximate surface area is 85.2 Å². The summed E-state index contributed by atoms with van der Waals surface area (Å²) in [5, 5.41) is 10.2. The third kappa shape index (κ3) is 3.39. The van der Waals surface area contributed by atoms with E-state index in [9.17, 15) is 27.7 Å². The molecule has 0 heterocycles. The Morgan fingerprint density at radius 1 is 1.33 bits per heavy atom. The molecule has 1 aromatic rings. The Kier molecular flexibility index (Phi) is 3.18. The summed E-state index contributed by atoms with van der Waals surface area (Å²) < 4.78 is 48.4. The first-order valence-corrected chi connectivity index (χ1v) is 4.31. The van der Waals surface area contributed by atoms with Crippen molar-refractivity contribution in [3.05, 3.63) is 34.1 Å². The average Bonchev–Trinajstić information content (AvgIpc) is 2.05. The standard InChI is InChI=1S/C7H3F4NO2S/c8-5-3-4(12(13)14)1-2-6(5)15-7(9,10)11/h1-3H. The molecule has 0 unspecified atom stereocenters. The number of halogens is 4. The molecule has 0 aliphatic heterocycles. The molecule has 0 aliphatic rings. The van der Waals surface area contributed by atoms with Gasteiger partial charge in [-0.25, -0.2) is 4.39 Å². The summed E-state index contributed by atoms with van der Waals surface area (Å²) in [6.45, 7) is 0. The maximum absolute atomic E-state index is 12.9. The summed E-state index contributed by atoms with van der Waals surface area (Å²) in [6.07, 6.45) is 0. The van der Waals surface area contributed by atoms with Crippen molar-refractivity contribution in [2.75, 3.05) is 0 Å². The van der Waals surface area contributed by atoms with Crippen LogP contribution in [-0.4, -0.2) is 10.4 Å². The van der Waals surface area contributed by atoms with E-state index in [1.807, 2.05) is 0 Å². The third-order valence-corrected chi connectivity index (χ3v) is 2.13. The number of hydrogen-bond acceptors (Lipinski definition) is 3. The number of hydrogen-bond donors (Lipinski definition) is 0. The highest BCUT2D eigenvalue weighted by Gasteiger charge is 2.31. The van der Waals surface area contributed by atoms with Gasteiger partial charge in [0.1, 0.15) is 5.82 Å². The lowest BCUT2D eigenvalue weighted by atomic mass is 10.3. The Bertz CT molecular complexity index is 393. The van der Waals surface area contributed by atoms with E-state index in [1.165, 1.54) is 0 Å². The molecule has 0 aromatic heterocycles. The van der Waals surface area contributed by atoms with Crippen molar-refractivity contribution in [3.8, 4) is 0 Å². The summed E-state index contributed by atoms with van der Waals surface area (Å²) in [7, 11) is 0. The van der Waals surface area contributed by atoms with Gasteiger partial charge in [-0.3, -0.25) is 10.1 Å². The van der Waals surface area contributed by atoms with E-state index in [2.05, 4.69) is 0 Å². The van der Waals surface area contributed by atoms with Gasteiger partial charge in [0.05, 0.1) is 15.9 Å². The van der Waals surface area contributed by atoms with Crippen LogP contribution in [-0.2, 0) is 0 Å². The van der Waals surface area contributed by atoms with E-state index in [1.54, 1.807) is 0 Å². The Morgan fingerprint density at radius 2 is 1.93 bits per heavy atom. The molecule has 82 valence electrons. The number of nitrogens with zero attached hydrogens (tertiary/aromatic N) is 1. The molecule has 0 aliphatic carbocycles. The molecule has 0 amide bonds. The molecule has 8 heteroatoms. The van der Waals surface area contributed by atoms with Crippen molar-refractivity contribution in [3.63, 3.8) is 0 Å². The van der Waals surface area contributed by atoms with Gasteiger partial charge < -0.3 is 0 Å². The van der Waals surface area contributed by atoms with Gasteiger partial charge in [0.2, 0.25) is 0 Å². The summed E-state index contributed by atoms with van der Waals surface area (Å²) in [6, 6.07) is 2.00. The van der Waals surface area contributed by atoms with Crippen LogP contribution in [0.3, 0.4) is 0 Å². The minimum Gasteiger partial charge on any atom is -0.258 e. The van der Waals surface area contributed by atoms with Crippen LogP contribution >= 0.6 is 11.8 Å². The van der Waals surface area contributed by atoms with Gasteiger partial charge in [-0.1, -0.05) is 0 Å². The molecule has 1 rings (SSSR count). The van der Waals surface area contributed by atoms with Crippen molar-refractivity contribution < 1.29 is 22.5 Å². The maximum atomic E-state index is 12.9. The topological polar surface area (TPSA) is 43.1 Å². The first-order valence-electron chi connectivity index (χ1n) is 3.49. The van der Waals surface area contributed by atoms with E-state index in [4.69, 9.17) is 0 Å². The van der Waals surface area contributed by atoms with Crippen LogP contribution in [0.2, 0.25) is 0 Å². The largest absolute Gasteiger partial charge is 0.446 e. The van der Waals surface area contributed by atoms with Crippen molar-refractivity contribution in [1.82, 2.24) is 0 Å². The van der Waals surface area contributed by atoms with Crippen LogP contribution in [0.25, 0.3) is 0 Å². The number of non-ortho nitro benzene ring substituents is 1. The molecular formula is C7H3F4NO2S. The second-order valence-electron chi connectivity index (χ2n) is 2.42. The fraction of sp³-hybridized carbons (Fsp3) is 0.143. The molecule has 0 fully saturated rings. The Hall–Kier alpha value is -1.31. The number of alkyl halides is 3. The van der Waals surface area contributed by atoms with Crippen LogP contribution in [0, 0.1) is 15.9 Å². The predicted molar refractivity (Wildman–Crippen MR) is 45.0 cm³/mol. The molecule has 15 heavy (non-hydrogen) atoms. The lowest BCUT2D eigenvalue weighted by Gasteiger charge is -2.05. The van der Waals surface area contributed by atoms with Crippen molar-refractivity contribution >= 4 is 17.4 Å². The summed E-state index contributed by atoms with van der Waals surface area (Å²) >= 11 is -0.650. The molecule has 0 spiro atoms. The van der Waals surface area contributed by atoms with Crippen molar-refractivity contribution in [1.29, 1.82) is 0 Å². The summed E-state index contributed by atoms with van der Waals surface area (Å²) in [5.74, 6) is -1.26. The minimum atomic E-state index is -4.61.